The molecule has 1 heterocycles. The number of carbonyl (C=O) groups is 1. The zero-order valence-corrected chi connectivity index (χ0v) is 13.1. The van der Waals surface area contributed by atoms with Crippen molar-refractivity contribution in [2.45, 2.75) is 20.5 Å². The SMILES string of the molecule is Cc1cccc(C)c1NC(=O)COc1ccc2c(c1)COB2O. The fourth-order valence-electron chi connectivity index (χ4n) is 2.63. The summed E-state index contributed by atoms with van der Waals surface area (Å²) in [6.07, 6.45) is 0. The van der Waals surface area contributed by atoms with Crippen molar-refractivity contribution in [2.24, 2.45) is 0 Å². The molecule has 23 heavy (non-hydrogen) atoms. The highest BCUT2D eigenvalue weighted by Crippen LogP contribution is 2.20. The fraction of sp³-hybridized carbons (Fsp3) is 0.235. The largest absolute Gasteiger partial charge is 0.491 e. The van der Waals surface area contributed by atoms with Gasteiger partial charge in [-0.1, -0.05) is 24.3 Å². The molecule has 0 atom stereocenters. The first-order valence-electron chi connectivity index (χ1n) is 7.46. The molecule has 2 aromatic carbocycles. The Hall–Kier alpha value is -2.31. The summed E-state index contributed by atoms with van der Waals surface area (Å²) < 4.78 is 10.7. The molecule has 1 aliphatic rings. The average Bonchev–Trinajstić information content (AvgIpc) is 2.90. The minimum atomic E-state index is -0.869. The van der Waals surface area contributed by atoms with E-state index in [9.17, 15) is 9.82 Å². The van der Waals surface area contributed by atoms with Crippen LogP contribution < -0.4 is 15.5 Å². The third kappa shape index (κ3) is 3.38. The van der Waals surface area contributed by atoms with Crippen LogP contribution in [0.1, 0.15) is 16.7 Å². The number of hydrogen-bond donors (Lipinski definition) is 2. The van der Waals surface area contributed by atoms with Crippen molar-refractivity contribution in [1.82, 2.24) is 0 Å². The topological polar surface area (TPSA) is 67.8 Å². The Kier molecular flexibility index (Phi) is 4.36. The monoisotopic (exact) mass is 311 g/mol. The van der Waals surface area contributed by atoms with Gasteiger partial charge in [0.25, 0.3) is 5.91 Å². The Bertz CT molecular complexity index is 727. The van der Waals surface area contributed by atoms with E-state index in [1.54, 1.807) is 18.2 Å². The summed E-state index contributed by atoms with van der Waals surface area (Å²) in [6.45, 7) is 4.18. The predicted octanol–water partition coefficient (Wildman–Crippen LogP) is 1.54. The molecular weight excluding hydrogens is 293 g/mol. The summed E-state index contributed by atoms with van der Waals surface area (Å²) in [7, 11) is -0.869. The predicted molar refractivity (Wildman–Crippen MR) is 88.9 cm³/mol. The molecular formula is C17H18BNO4. The van der Waals surface area contributed by atoms with E-state index >= 15 is 0 Å². The number of rotatable bonds is 4. The molecule has 0 saturated heterocycles. The van der Waals surface area contributed by atoms with Crippen molar-refractivity contribution in [3.63, 3.8) is 0 Å². The summed E-state index contributed by atoms with van der Waals surface area (Å²) in [5.41, 5.74) is 4.48. The molecule has 0 bridgehead atoms. The Morgan fingerprint density at radius 2 is 2.04 bits per heavy atom. The molecule has 0 saturated carbocycles. The number of carbonyl (C=O) groups excluding carboxylic acids is 1. The molecule has 118 valence electrons. The van der Waals surface area contributed by atoms with E-state index < -0.39 is 7.12 Å². The summed E-state index contributed by atoms with van der Waals surface area (Å²) in [4.78, 5) is 12.1. The van der Waals surface area contributed by atoms with Crippen molar-refractivity contribution >= 4 is 24.2 Å². The first kappa shape index (κ1) is 15.6. The van der Waals surface area contributed by atoms with E-state index in [0.29, 0.717) is 12.4 Å². The van der Waals surface area contributed by atoms with Crippen LogP contribution in [0.25, 0.3) is 0 Å². The van der Waals surface area contributed by atoms with Gasteiger partial charge in [-0.15, -0.1) is 0 Å². The van der Waals surface area contributed by atoms with E-state index in [1.165, 1.54) is 0 Å². The molecule has 3 rings (SSSR count). The lowest BCUT2D eigenvalue weighted by Crippen LogP contribution is -2.27. The molecule has 0 radical (unpaired) electrons. The van der Waals surface area contributed by atoms with Gasteiger partial charge in [0, 0.05) is 5.69 Å². The minimum Gasteiger partial charge on any atom is -0.484 e. The van der Waals surface area contributed by atoms with Gasteiger partial charge in [0.15, 0.2) is 6.61 Å². The number of fused-ring (bicyclic) bond motifs is 1. The third-order valence-electron chi connectivity index (χ3n) is 3.89. The van der Waals surface area contributed by atoms with E-state index in [0.717, 1.165) is 27.8 Å². The molecule has 5 nitrogen and oxygen atoms in total. The Morgan fingerprint density at radius 3 is 2.78 bits per heavy atom. The van der Waals surface area contributed by atoms with Gasteiger partial charge < -0.3 is 19.7 Å². The van der Waals surface area contributed by atoms with Crippen LogP contribution in [0.3, 0.4) is 0 Å². The molecule has 6 heteroatoms. The number of amides is 1. The van der Waals surface area contributed by atoms with Gasteiger partial charge in [0.1, 0.15) is 5.75 Å². The standard InChI is InChI=1S/C17H18BNO4/c1-11-4-3-5-12(2)17(11)19-16(20)10-22-14-6-7-15-13(8-14)9-23-18(15)21/h3-8,21H,9-10H2,1-2H3,(H,19,20). The van der Waals surface area contributed by atoms with Gasteiger partial charge in [0.2, 0.25) is 0 Å². The second-order valence-corrected chi connectivity index (χ2v) is 5.63. The molecule has 1 aliphatic heterocycles. The van der Waals surface area contributed by atoms with Crippen molar-refractivity contribution in [2.75, 3.05) is 11.9 Å². The summed E-state index contributed by atoms with van der Waals surface area (Å²) in [6, 6.07) is 11.1. The smallest absolute Gasteiger partial charge is 0.484 e. The number of hydrogen-bond acceptors (Lipinski definition) is 4. The van der Waals surface area contributed by atoms with Crippen LogP contribution in [0, 0.1) is 13.8 Å². The van der Waals surface area contributed by atoms with Crippen molar-refractivity contribution < 1.29 is 19.2 Å². The van der Waals surface area contributed by atoms with Gasteiger partial charge in [-0.2, -0.15) is 0 Å². The van der Waals surface area contributed by atoms with Crippen LogP contribution in [0.15, 0.2) is 36.4 Å². The van der Waals surface area contributed by atoms with Crippen LogP contribution >= 0.6 is 0 Å². The van der Waals surface area contributed by atoms with Gasteiger partial charge in [-0.25, -0.2) is 0 Å². The number of para-hydroxylation sites is 1. The Morgan fingerprint density at radius 1 is 1.30 bits per heavy atom. The summed E-state index contributed by atoms with van der Waals surface area (Å²) in [5, 5.41) is 12.5. The molecule has 0 aliphatic carbocycles. The maximum absolute atomic E-state index is 12.1. The van der Waals surface area contributed by atoms with Crippen LogP contribution in [0.4, 0.5) is 5.69 Å². The highest BCUT2D eigenvalue weighted by Gasteiger charge is 2.27. The zero-order valence-electron chi connectivity index (χ0n) is 13.1. The lowest BCUT2D eigenvalue weighted by Gasteiger charge is -2.12. The minimum absolute atomic E-state index is 0.0734. The quantitative estimate of drug-likeness (QED) is 0.841. The molecule has 0 fully saturated rings. The van der Waals surface area contributed by atoms with E-state index in [1.807, 2.05) is 32.0 Å². The van der Waals surface area contributed by atoms with E-state index in [-0.39, 0.29) is 12.5 Å². The van der Waals surface area contributed by atoms with Gasteiger partial charge >= 0.3 is 7.12 Å². The first-order valence-corrected chi connectivity index (χ1v) is 7.46. The number of nitrogens with one attached hydrogen (secondary N) is 1. The van der Waals surface area contributed by atoms with Crippen molar-refractivity contribution in [3.8, 4) is 5.75 Å². The lowest BCUT2D eigenvalue weighted by atomic mass is 9.80. The zero-order chi connectivity index (χ0) is 16.4. The van der Waals surface area contributed by atoms with E-state index in [4.69, 9.17) is 9.39 Å². The number of aryl methyl sites for hydroxylation is 2. The van der Waals surface area contributed by atoms with Crippen LogP contribution in [0.2, 0.25) is 0 Å². The molecule has 2 N–H and O–H groups in total. The van der Waals surface area contributed by atoms with Crippen LogP contribution in [-0.4, -0.2) is 24.7 Å². The average molecular weight is 311 g/mol. The van der Waals surface area contributed by atoms with Gasteiger partial charge in [0.05, 0.1) is 6.61 Å². The maximum atomic E-state index is 12.1. The normalized spacial score (nSPS) is 12.9. The summed E-state index contributed by atoms with van der Waals surface area (Å²) in [5.74, 6) is 0.372. The third-order valence-corrected chi connectivity index (χ3v) is 3.89. The number of anilines is 1. The van der Waals surface area contributed by atoms with Crippen molar-refractivity contribution in [1.29, 1.82) is 0 Å². The highest BCUT2D eigenvalue weighted by atomic mass is 16.5. The second kappa shape index (κ2) is 6.44. The molecule has 0 aromatic heterocycles. The lowest BCUT2D eigenvalue weighted by molar-refractivity contribution is -0.118. The fourth-order valence-corrected chi connectivity index (χ4v) is 2.63. The summed E-state index contributed by atoms with van der Waals surface area (Å²) >= 11 is 0. The Balaban J connectivity index is 1.61. The molecule has 0 unspecified atom stereocenters. The molecule has 1 amide bonds. The highest BCUT2D eigenvalue weighted by molar-refractivity contribution is 6.61. The Labute approximate surface area is 135 Å². The van der Waals surface area contributed by atoms with Crippen LogP contribution in [0.5, 0.6) is 5.75 Å². The van der Waals surface area contributed by atoms with Gasteiger partial charge in [-0.3, -0.25) is 4.79 Å². The van der Waals surface area contributed by atoms with Crippen LogP contribution in [-0.2, 0) is 16.1 Å². The van der Waals surface area contributed by atoms with Crippen molar-refractivity contribution in [3.05, 3.63) is 53.1 Å². The van der Waals surface area contributed by atoms with Gasteiger partial charge in [-0.05, 0) is 48.1 Å². The first-order chi connectivity index (χ1) is 11.0. The maximum Gasteiger partial charge on any atom is 0.491 e. The van der Waals surface area contributed by atoms with E-state index in [2.05, 4.69) is 5.32 Å². The second-order valence-electron chi connectivity index (χ2n) is 5.63. The molecule has 2 aromatic rings. The number of ether oxygens (including phenoxy) is 1. The number of benzene rings is 2. The molecule has 0 spiro atoms.